The number of aryl methyl sites for hydroxylation is 3. The lowest BCUT2D eigenvalue weighted by molar-refractivity contribution is -0.122. The summed E-state index contributed by atoms with van der Waals surface area (Å²) in [5.74, 6) is -0.840. The van der Waals surface area contributed by atoms with E-state index in [1.165, 1.54) is 18.3 Å². The molecule has 0 radical (unpaired) electrons. The maximum atomic E-state index is 12.7. The van der Waals surface area contributed by atoms with Crippen molar-refractivity contribution >= 4 is 50.1 Å². The number of aromatic nitrogens is 1. The molecule has 3 rings (SSSR count). The van der Waals surface area contributed by atoms with Gasteiger partial charge in [0.1, 0.15) is 0 Å². The lowest BCUT2D eigenvalue weighted by atomic mass is 10.0. The maximum absolute atomic E-state index is 12.7. The predicted octanol–water partition coefficient (Wildman–Crippen LogP) is 3.55. The van der Waals surface area contributed by atoms with Crippen LogP contribution in [0.5, 0.6) is 0 Å². The van der Waals surface area contributed by atoms with Crippen molar-refractivity contribution in [1.29, 1.82) is 0 Å². The second kappa shape index (κ2) is 8.40. The van der Waals surface area contributed by atoms with Crippen LogP contribution in [-0.2, 0) is 9.59 Å². The van der Waals surface area contributed by atoms with Crippen LogP contribution in [0.15, 0.2) is 30.3 Å². The van der Waals surface area contributed by atoms with Gasteiger partial charge in [0.05, 0.1) is 16.8 Å². The van der Waals surface area contributed by atoms with Gasteiger partial charge in [0.15, 0.2) is 5.13 Å². The number of anilines is 2. The van der Waals surface area contributed by atoms with Gasteiger partial charge >= 0.3 is 0 Å². The third kappa shape index (κ3) is 4.97. The average Bonchev–Trinajstić information content (AvgIpc) is 3.04. The van der Waals surface area contributed by atoms with Gasteiger partial charge in [-0.25, -0.2) is 4.98 Å². The van der Waals surface area contributed by atoms with Gasteiger partial charge < -0.3 is 16.0 Å². The van der Waals surface area contributed by atoms with E-state index < -0.39 is 0 Å². The van der Waals surface area contributed by atoms with E-state index in [2.05, 4.69) is 20.9 Å². The summed E-state index contributed by atoms with van der Waals surface area (Å²) in [4.78, 5) is 39.8. The van der Waals surface area contributed by atoms with E-state index in [9.17, 15) is 14.4 Å². The Morgan fingerprint density at radius 1 is 1.00 bits per heavy atom. The third-order valence-corrected chi connectivity index (χ3v) is 5.24. The molecular weight excluding hydrogens is 388 g/mol. The van der Waals surface area contributed by atoms with Crippen LogP contribution < -0.4 is 16.0 Å². The minimum atomic E-state index is -0.359. The molecule has 0 spiro atoms. The van der Waals surface area contributed by atoms with Gasteiger partial charge in [0.2, 0.25) is 11.8 Å². The van der Waals surface area contributed by atoms with Crippen LogP contribution in [0.4, 0.5) is 10.8 Å². The first kappa shape index (κ1) is 20.5. The van der Waals surface area contributed by atoms with E-state index in [1.54, 1.807) is 18.2 Å². The Balaban J connectivity index is 1.76. The lowest BCUT2D eigenvalue weighted by Crippen LogP contribution is -2.31. The van der Waals surface area contributed by atoms with Crippen LogP contribution in [0.2, 0.25) is 0 Å². The van der Waals surface area contributed by atoms with Gasteiger partial charge in [-0.1, -0.05) is 29.0 Å². The number of thiazole rings is 1. The quantitative estimate of drug-likeness (QED) is 0.599. The van der Waals surface area contributed by atoms with Gasteiger partial charge in [-0.3, -0.25) is 14.4 Å². The second-order valence-corrected chi connectivity index (χ2v) is 7.92. The monoisotopic (exact) mass is 410 g/mol. The minimum Gasteiger partial charge on any atom is -0.347 e. The van der Waals surface area contributed by atoms with Crippen LogP contribution in [-0.4, -0.2) is 29.3 Å². The summed E-state index contributed by atoms with van der Waals surface area (Å²) in [5, 5.41) is 8.48. The Bertz CT molecular complexity index is 1100. The number of benzene rings is 2. The van der Waals surface area contributed by atoms with Gasteiger partial charge in [-0.2, -0.15) is 0 Å². The molecule has 1 aromatic heterocycles. The summed E-state index contributed by atoms with van der Waals surface area (Å²) < 4.78 is 0.782. The zero-order chi connectivity index (χ0) is 21.1. The molecule has 0 aliphatic rings. The van der Waals surface area contributed by atoms with E-state index >= 15 is 0 Å². The topological polar surface area (TPSA) is 100 Å². The smallest absolute Gasteiger partial charge is 0.255 e. The highest BCUT2D eigenvalue weighted by Crippen LogP contribution is 2.28. The number of hydrogen-bond donors (Lipinski definition) is 3. The SMILES string of the molecule is CC(=O)NCC(=O)Nc1nc2ccc(C(=O)Nc3c(C)cc(C)cc3C)cc2s1. The Kier molecular flexibility index (Phi) is 5.93. The molecule has 0 saturated carbocycles. The standard InChI is InChI=1S/C21H22N4O3S/c1-11-7-12(2)19(13(3)8-11)25-20(28)15-5-6-16-17(9-15)29-21(23-16)24-18(27)10-22-14(4)26/h5-9H,10H2,1-4H3,(H,22,26)(H,25,28)(H,23,24,27). The molecular formula is C21H22N4O3S. The molecule has 3 N–H and O–H groups in total. The van der Waals surface area contributed by atoms with E-state index in [0.717, 1.165) is 27.1 Å². The normalized spacial score (nSPS) is 10.6. The van der Waals surface area contributed by atoms with Gasteiger partial charge in [-0.05, 0) is 50.1 Å². The first-order chi connectivity index (χ1) is 13.7. The molecule has 1 heterocycles. The Labute approximate surface area is 172 Å². The molecule has 0 unspecified atom stereocenters. The summed E-state index contributed by atoms with van der Waals surface area (Å²) in [6.45, 7) is 7.19. The molecule has 150 valence electrons. The Hall–Kier alpha value is -3.26. The summed E-state index contributed by atoms with van der Waals surface area (Å²) in [7, 11) is 0. The van der Waals surface area contributed by atoms with Crippen molar-refractivity contribution in [3.63, 3.8) is 0 Å². The zero-order valence-corrected chi connectivity index (χ0v) is 17.5. The molecule has 0 aliphatic carbocycles. The number of fused-ring (bicyclic) bond motifs is 1. The number of nitrogens with one attached hydrogen (secondary N) is 3. The number of hydrogen-bond acceptors (Lipinski definition) is 5. The molecule has 0 saturated heterocycles. The molecule has 8 heteroatoms. The fourth-order valence-corrected chi connectivity index (χ4v) is 3.97. The fraction of sp³-hybridized carbons (Fsp3) is 0.238. The molecule has 29 heavy (non-hydrogen) atoms. The van der Waals surface area contributed by atoms with E-state index in [1.807, 2.05) is 32.9 Å². The molecule has 0 aliphatic heterocycles. The van der Waals surface area contributed by atoms with Crippen LogP contribution in [0.25, 0.3) is 10.2 Å². The molecule has 0 bridgehead atoms. The van der Waals surface area contributed by atoms with Gasteiger partial charge in [0.25, 0.3) is 5.91 Å². The maximum Gasteiger partial charge on any atom is 0.255 e. The summed E-state index contributed by atoms with van der Waals surface area (Å²) in [6, 6.07) is 9.28. The first-order valence-corrected chi connectivity index (χ1v) is 9.88. The van der Waals surface area contributed by atoms with E-state index in [4.69, 9.17) is 0 Å². The molecule has 3 amide bonds. The molecule has 7 nitrogen and oxygen atoms in total. The Morgan fingerprint density at radius 3 is 2.34 bits per heavy atom. The van der Waals surface area contributed by atoms with Crippen LogP contribution in [0, 0.1) is 20.8 Å². The summed E-state index contributed by atoms with van der Waals surface area (Å²) in [6.07, 6.45) is 0. The summed E-state index contributed by atoms with van der Waals surface area (Å²) in [5.41, 5.74) is 5.19. The molecule has 0 fully saturated rings. The van der Waals surface area contributed by atoms with Crippen molar-refractivity contribution in [2.75, 3.05) is 17.2 Å². The van der Waals surface area contributed by atoms with Crippen molar-refractivity contribution in [1.82, 2.24) is 10.3 Å². The highest BCUT2D eigenvalue weighted by atomic mass is 32.1. The molecule has 0 atom stereocenters. The number of rotatable bonds is 5. The lowest BCUT2D eigenvalue weighted by Gasteiger charge is -2.12. The number of carbonyl (C=O) groups excluding carboxylic acids is 3. The van der Waals surface area contributed by atoms with Crippen molar-refractivity contribution in [3.8, 4) is 0 Å². The Morgan fingerprint density at radius 2 is 1.69 bits per heavy atom. The van der Waals surface area contributed by atoms with Crippen molar-refractivity contribution in [2.24, 2.45) is 0 Å². The summed E-state index contributed by atoms with van der Waals surface area (Å²) >= 11 is 1.27. The number of carbonyl (C=O) groups is 3. The predicted molar refractivity (Wildman–Crippen MR) is 116 cm³/mol. The van der Waals surface area contributed by atoms with Crippen molar-refractivity contribution in [3.05, 3.63) is 52.6 Å². The fourth-order valence-electron chi connectivity index (χ4n) is 3.05. The van der Waals surface area contributed by atoms with Crippen LogP contribution in [0.3, 0.4) is 0 Å². The highest BCUT2D eigenvalue weighted by Gasteiger charge is 2.13. The van der Waals surface area contributed by atoms with Crippen LogP contribution >= 0.6 is 11.3 Å². The molecule has 3 aromatic rings. The largest absolute Gasteiger partial charge is 0.347 e. The second-order valence-electron chi connectivity index (χ2n) is 6.89. The van der Waals surface area contributed by atoms with E-state index in [0.29, 0.717) is 16.2 Å². The average molecular weight is 410 g/mol. The molecule has 2 aromatic carbocycles. The first-order valence-electron chi connectivity index (χ1n) is 9.07. The third-order valence-electron chi connectivity index (χ3n) is 4.31. The van der Waals surface area contributed by atoms with Gasteiger partial charge in [0, 0.05) is 18.2 Å². The number of nitrogens with zero attached hydrogens (tertiary/aromatic N) is 1. The van der Waals surface area contributed by atoms with Crippen molar-refractivity contribution < 1.29 is 14.4 Å². The van der Waals surface area contributed by atoms with E-state index in [-0.39, 0.29) is 24.3 Å². The highest BCUT2D eigenvalue weighted by molar-refractivity contribution is 7.22. The van der Waals surface area contributed by atoms with Gasteiger partial charge in [-0.15, -0.1) is 0 Å². The van der Waals surface area contributed by atoms with Crippen molar-refractivity contribution in [2.45, 2.75) is 27.7 Å². The number of amides is 3. The zero-order valence-electron chi connectivity index (χ0n) is 16.7. The minimum absolute atomic E-state index is 0.117. The van der Waals surface area contributed by atoms with Crippen LogP contribution in [0.1, 0.15) is 34.0 Å².